The first kappa shape index (κ1) is 32.1. The van der Waals surface area contributed by atoms with Crippen molar-refractivity contribution in [2.45, 2.75) is 49.3 Å². The maximum absolute atomic E-state index is 13.7. The molecule has 0 bridgehead atoms. The second-order valence-corrected chi connectivity index (χ2v) is 14.5. The summed E-state index contributed by atoms with van der Waals surface area (Å²) in [5.74, 6) is 0.453. The van der Waals surface area contributed by atoms with Gasteiger partial charge in [-0.3, -0.25) is 4.90 Å². The number of hydrogen-bond acceptors (Lipinski definition) is 8. The van der Waals surface area contributed by atoms with Crippen molar-refractivity contribution in [2.75, 3.05) is 31.5 Å². The Morgan fingerprint density at radius 1 is 0.917 bits per heavy atom. The van der Waals surface area contributed by atoms with Crippen molar-refractivity contribution in [1.29, 1.82) is 0 Å². The summed E-state index contributed by atoms with van der Waals surface area (Å²) in [5.41, 5.74) is 2.60. The highest BCUT2D eigenvalue weighted by molar-refractivity contribution is 7.90. The Kier molecular flexibility index (Phi) is 9.34. The van der Waals surface area contributed by atoms with Crippen molar-refractivity contribution in [3.05, 3.63) is 108 Å². The van der Waals surface area contributed by atoms with Gasteiger partial charge in [-0.2, -0.15) is 0 Å². The van der Waals surface area contributed by atoms with Crippen molar-refractivity contribution in [3.8, 4) is 11.3 Å². The molecule has 2 atom stereocenters. The van der Waals surface area contributed by atoms with E-state index in [0.717, 1.165) is 49.7 Å². The highest BCUT2D eigenvalue weighted by Gasteiger charge is 2.31. The third kappa shape index (κ3) is 6.76. The molecule has 48 heavy (non-hydrogen) atoms. The van der Waals surface area contributed by atoms with Gasteiger partial charge in [-0.25, -0.2) is 27.2 Å². The molecule has 7 rings (SSSR count). The summed E-state index contributed by atoms with van der Waals surface area (Å²) >= 11 is 6.67. The van der Waals surface area contributed by atoms with Crippen LogP contribution in [0.15, 0.2) is 102 Å². The smallest absolute Gasteiger partial charge is 0.410 e. The van der Waals surface area contributed by atoms with Crippen LogP contribution in [0.1, 0.15) is 31.2 Å². The maximum atomic E-state index is 13.7. The van der Waals surface area contributed by atoms with E-state index in [2.05, 4.69) is 15.2 Å². The molecule has 12 heteroatoms. The quantitative estimate of drug-likeness (QED) is 0.193. The fourth-order valence-corrected chi connectivity index (χ4v) is 8.34. The lowest BCUT2D eigenvalue weighted by molar-refractivity contribution is 0.0518. The lowest BCUT2D eigenvalue weighted by atomic mass is 9.89. The topological polar surface area (TPSA) is 110 Å². The van der Waals surface area contributed by atoms with E-state index in [1.807, 2.05) is 48.5 Å². The van der Waals surface area contributed by atoms with Crippen LogP contribution in [0, 0.1) is 0 Å². The summed E-state index contributed by atoms with van der Waals surface area (Å²) in [6.07, 6.45) is 6.97. The molecular weight excluding hydrogens is 648 g/mol. The highest BCUT2D eigenvalue weighted by atomic mass is 35.5. The van der Waals surface area contributed by atoms with Crippen molar-refractivity contribution < 1.29 is 17.9 Å². The minimum Gasteiger partial charge on any atom is -0.445 e. The van der Waals surface area contributed by atoms with E-state index in [0.29, 0.717) is 46.9 Å². The summed E-state index contributed by atoms with van der Waals surface area (Å²) in [7, 11) is -3.86. The number of para-hydroxylation sites is 1. The van der Waals surface area contributed by atoms with Gasteiger partial charge in [0.25, 0.3) is 10.0 Å². The summed E-state index contributed by atoms with van der Waals surface area (Å²) in [4.78, 5) is 26.5. The van der Waals surface area contributed by atoms with E-state index < -0.39 is 10.0 Å². The highest BCUT2D eigenvalue weighted by Crippen LogP contribution is 2.36. The fourth-order valence-electron chi connectivity index (χ4n) is 6.76. The predicted octanol–water partition coefficient (Wildman–Crippen LogP) is 6.67. The number of hydrogen-bond donors (Lipinski definition) is 1. The fraction of sp³-hybridized carbons (Fsp3) is 0.306. The molecule has 0 radical (unpaired) electrons. The Balaban J connectivity index is 1.03. The van der Waals surface area contributed by atoms with Gasteiger partial charge >= 0.3 is 6.09 Å². The van der Waals surface area contributed by atoms with Crippen LogP contribution >= 0.6 is 11.6 Å². The molecule has 5 aromatic rings. The average molecular weight is 685 g/mol. The number of rotatable bonds is 8. The van der Waals surface area contributed by atoms with Gasteiger partial charge in [0.05, 0.1) is 27.3 Å². The van der Waals surface area contributed by atoms with E-state index in [9.17, 15) is 13.2 Å². The van der Waals surface area contributed by atoms with Gasteiger partial charge in [-0.1, -0.05) is 78.3 Å². The average Bonchev–Trinajstić information content (AvgIpc) is 3.53. The van der Waals surface area contributed by atoms with E-state index in [1.54, 1.807) is 53.7 Å². The van der Waals surface area contributed by atoms with Crippen LogP contribution in [0.4, 0.5) is 10.7 Å². The zero-order valence-corrected chi connectivity index (χ0v) is 28.0. The minimum atomic E-state index is -3.86. The van der Waals surface area contributed by atoms with Crippen LogP contribution in [-0.4, -0.2) is 76.5 Å². The standard InChI is InChI=1S/C36H37ClN6O4S/c37-32-23-38-35(40-34(32)31-24-43(33-17-8-7-16-30(31)33)48(45,46)29-14-5-2-6-15-29)39-27-12-9-13-28(22-27)41-18-20-42(21-19-41)36(44)47-25-26-10-3-1-4-11-26/h1-8,10-11,14-17,23-24,27-28H,9,12-13,18-22,25H2,(H,38,39,40)/t27-,28+/m1/s1. The first-order valence-corrected chi connectivity index (χ1v) is 18.1. The predicted molar refractivity (Wildman–Crippen MR) is 186 cm³/mol. The first-order valence-electron chi connectivity index (χ1n) is 16.3. The maximum Gasteiger partial charge on any atom is 0.410 e. The van der Waals surface area contributed by atoms with Crippen molar-refractivity contribution in [3.63, 3.8) is 0 Å². The third-order valence-corrected chi connectivity index (χ3v) is 11.2. The summed E-state index contributed by atoms with van der Waals surface area (Å²) < 4.78 is 34.2. The monoisotopic (exact) mass is 684 g/mol. The first-order chi connectivity index (χ1) is 23.4. The van der Waals surface area contributed by atoms with E-state index in [4.69, 9.17) is 21.3 Å². The molecule has 1 amide bonds. The molecule has 1 saturated heterocycles. The molecule has 2 aromatic heterocycles. The summed E-state index contributed by atoms with van der Waals surface area (Å²) in [6.45, 7) is 3.16. The summed E-state index contributed by atoms with van der Waals surface area (Å²) in [6, 6.07) is 26.0. The van der Waals surface area contributed by atoms with Crippen LogP contribution in [0.3, 0.4) is 0 Å². The zero-order valence-electron chi connectivity index (χ0n) is 26.4. The number of ether oxygens (including phenoxy) is 1. The van der Waals surface area contributed by atoms with Crippen LogP contribution in [0.2, 0.25) is 5.02 Å². The normalized spacial score (nSPS) is 18.9. The van der Waals surface area contributed by atoms with Crippen LogP contribution in [0.5, 0.6) is 0 Å². The third-order valence-electron chi connectivity index (χ3n) is 9.25. The van der Waals surface area contributed by atoms with Crippen LogP contribution in [-0.2, 0) is 21.4 Å². The minimum absolute atomic E-state index is 0.159. The van der Waals surface area contributed by atoms with Gasteiger partial charge in [-0.15, -0.1) is 0 Å². The molecule has 10 nitrogen and oxygen atoms in total. The van der Waals surface area contributed by atoms with Gasteiger partial charge in [0.2, 0.25) is 5.95 Å². The lowest BCUT2D eigenvalue weighted by Crippen LogP contribution is -2.53. The lowest BCUT2D eigenvalue weighted by Gasteiger charge is -2.42. The van der Waals surface area contributed by atoms with Gasteiger partial charge in [0.15, 0.2) is 0 Å². The molecule has 2 aliphatic rings. The number of anilines is 1. The number of amides is 1. The zero-order chi connectivity index (χ0) is 33.1. The SMILES string of the molecule is O=C(OCc1ccccc1)N1CCN([C@H]2CCC[C@@H](Nc3ncc(Cl)c(-c4cn(S(=O)(=O)c5ccccc5)c5ccccc45)n3)C2)CC1. The second kappa shape index (κ2) is 14.0. The number of benzene rings is 3. The molecule has 1 aliphatic carbocycles. The molecule has 248 valence electrons. The molecule has 0 spiro atoms. The number of halogens is 1. The van der Waals surface area contributed by atoms with Crippen molar-refractivity contribution >= 4 is 44.6 Å². The van der Waals surface area contributed by atoms with Gasteiger partial charge in [0, 0.05) is 55.4 Å². The second-order valence-electron chi connectivity index (χ2n) is 12.3. The number of piperazine rings is 1. The van der Waals surface area contributed by atoms with E-state index >= 15 is 0 Å². The number of carbonyl (C=O) groups excluding carboxylic acids is 1. The molecular formula is C36H37ClN6O4S. The van der Waals surface area contributed by atoms with Crippen LogP contribution in [0.25, 0.3) is 22.2 Å². The Hall–Kier alpha value is -4.45. The number of nitrogens with zero attached hydrogens (tertiary/aromatic N) is 5. The van der Waals surface area contributed by atoms with Crippen LogP contribution < -0.4 is 5.32 Å². The number of fused-ring (bicyclic) bond motifs is 1. The molecule has 1 saturated carbocycles. The molecule has 0 unspecified atom stereocenters. The largest absolute Gasteiger partial charge is 0.445 e. The van der Waals surface area contributed by atoms with Gasteiger partial charge in [0.1, 0.15) is 6.61 Å². The number of aromatic nitrogens is 3. The molecule has 3 heterocycles. The number of nitrogens with one attached hydrogen (secondary N) is 1. The Morgan fingerprint density at radius 3 is 2.40 bits per heavy atom. The Bertz CT molecular complexity index is 2000. The van der Waals surface area contributed by atoms with Crippen molar-refractivity contribution in [1.82, 2.24) is 23.7 Å². The van der Waals surface area contributed by atoms with Gasteiger partial charge < -0.3 is 15.0 Å². The Labute approximate surface area is 285 Å². The van der Waals surface area contributed by atoms with E-state index in [-0.39, 0.29) is 23.6 Å². The number of carbonyl (C=O) groups is 1. The Morgan fingerprint density at radius 2 is 1.62 bits per heavy atom. The molecule has 3 aromatic carbocycles. The molecule has 2 fully saturated rings. The van der Waals surface area contributed by atoms with E-state index in [1.165, 1.54) is 3.97 Å². The molecule has 1 aliphatic heterocycles. The van der Waals surface area contributed by atoms with Crippen molar-refractivity contribution in [2.24, 2.45) is 0 Å². The molecule has 1 N–H and O–H groups in total. The summed E-state index contributed by atoms with van der Waals surface area (Å²) in [5, 5.41) is 4.60. The van der Waals surface area contributed by atoms with Gasteiger partial charge in [-0.05, 0) is 49.4 Å².